The fraction of sp³-hybridized carbons (Fsp3) is 0.111. The molecule has 0 unspecified atom stereocenters. The molecular formula is C27H21BrClN3OS. The minimum absolute atomic E-state index is 0.165. The van der Waals surface area contributed by atoms with Gasteiger partial charge in [0.1, 0.15) is 5.70 Å². The monoisotopic (exact) mass is 549 g/mol. The fourth-order valence-corrected chi connectivity index (χ4v) is 4.90. The molecule has 0 spiro atoms. The van der Waals surface area contributed by atoms with Gasteiger partial charge in [-0.2, -0.15) is 0 Å². The number of nitrogens with one attached hydrogen (secondary N) is 1. The van der Waals surface area contributed by atoms with Crippen molar-refractivity contribution in [3.8, 4) is 0 Å². The van der Waals surface area contributed by atoms with Gasteiger partial charge < -0.3 is 9.88 Å². The Labute approximate surface area is 217 Å². The number of anilines is 1. The summed E-state index contributed by atoms with van der Waals surface area (Å²) in [7, 11) is 0. The zero-order chi connectivity index (χ0) is 24.0. The second kappa shape index (κ2) is 9.02. The van der Waals surface area contributed by atoms with E-state index >= 15 is 0 Å². The third kappa shape index (κ3) is 4.29. The van der Waals surface area contributed by atoms with Crippen LogP contribution in [0.3, 0.4) is 0 Å². The van der Waals surface area contributed by atoms with Gasteiger partial charge in [0.25, 0.3) is 5.91 Å². The second-order valence-corrected chi connectivity index (χ2v) is 10.1. The van der Waals surface area contributed by atoms with Gasteiger partial charge in [-0.1, -0.05) is 45.7 Å². The molecule has 1 aliphatic rings. The molecule has 3 aromatic carbocycles. The smallest absolute Gasteiger partial charge is 0.281 e. The van der Waals surface area contributed by atoms with E-state index in [-0.39, 0.29) is 5.91 Å². The lowest BCUT2D eigenvalue weighted by molar-refractivity contribution is -0.113. The zero-order valence-electron chi connectivity index (χ0n) is 18.6. The Bertz CT molecular complexity index is 1490. The molecule has 0 aliphatic carbocycles. The molecule has 0 bridgehead atoms. The maximum Gasteiger partial charge on any atom is 0.281 e. The van der Waals surface area contributed by atoms with E-state index in [0.717, 1.165) is 37.8 Å². The molecule has 1 aromatic heterocycles. The number of carbonyl (C=O) groups excluding carboxylic acids is 1. The zero-order valence-corrected chi connectivity index (χ0v) is 21.8. The normalized spacial score (nSPS) is 14.9. The molecule has 1 fully saturated rings. The van der Waals surface area contributed by atoms with Crippen molar-refractivity contribution in [3.63, 3.8) is 0 Å². The molecule has 0 saturated carbocycles. The highest BCUT2D eigenvalue weighted by Gasteiger charge is 2.32. The number of aryl methyl sites for hydroxylation is 2. The Balaban J connectivity index is 1.54. The highest BCUT2D eigenvalue weighted by atomic mass is 79.9. The molecule has 5 rings (SSSR count). The molecule has 0 radical (unpaired) electrons. The number of hydrogen-bond acceptors (Lipinski definition) is 2. The first kappa shape index (κ1) is 22.8. The van der Waals surface area contributed by atoms with E-state index in [1.54, 1.807) is 4.90 Å². The first-order chi connectivity index (χ1) is 16.3. The summed E-state index contributed by atoms with van der Waals surface area (Å²) >= 11 is 15.2. The van der Waals surface area contributed by atoms with E-state index in [1.165, 1.54) is 5.56 Å². The van der Waals surface area contributed by atoms with Gasteiger partial charge in [0.05, 0.1) is 5.69 Å². The van der Waals surface area contributed by atoms with Crippen molar-refractivity contribution in [2.45, 2.75) is 20.4 Å². The maximum absolute atomic E-state index is 13.3. The van der Waals surface area contributed by atoms with Crippen molar-refractivity contribution in [1.29, 1.82) is 0 Å². The largest absolute Gasteiger partial charge is 0.342 e. The predicted molar refractivity (Wildman–Crippen MR) is 147 cm³/mol. The van der Waals surface area contributed by atoms with Gasteiger partial charge in [0.2, 0.25) is 0 Å². The minimum atomic E-state index is -0.165. The van der Waals surface area contributed by atoms with Crippen LogP contribution in [0.4, 0.5) is 5.69 Å². The number of thiocarbonyl (C=S) groups is 1. The summed E-state index contributed by atoms with van der Waals surface area (Å²) in [5.74, 6) is -0.165. The van der Waals surface area contributed by atoms with Crippen LogP contribution in [0.2, 0.25) is 5.02 Å². The lowest BCUT2D eigenvalue weighted by Gasteiger charge is -2.15. The Kier molecular flexibility index (Phi) is 6.06. The maximum atomic E-state index is 13.3. The lowest BCUT2D eigenvalue weighted by Crippen LogP contribution is -2.30. The second-order valence-electron chi connectivity index (χ2n) is 8.40. The van der Waals surface area contributed by atoms with E-state index in [0.29, 0.717) is 22.4 Å². The van der Waals surface area contributed by atoms with Gasteiger partial charge in [-0.05, 0) is 91.3 Å². The van der Waals surface area contributed by atoms with Crippen LogP contribution in [0.5, 0.6) is 0 Å². The van der Waals surface area contributed by atoms with E-state index in [1.807, 2.05) is 68.5 Å². The number of carbonyl (C=O) groups is 1. The van der Waals surface area contributed by atoms with Gasteiger partial charge in [0, 0.05) is 38.7 Å². The van der Waals surface area contributed by atoms with Crippen molar-refractivity contribution in [2.24, 2.45) is 0 Å². The summed E-state index contributed by atoms with van der Waals surface area (Å²) in [6, 6.07) is 19.9. The standard InChI is InChI=1S/C27H21BrClN3OS/c1-16-3-9-22(11-17(16)2)32-26(33)24(30-27(32)34)12-19-15-31(14-18-4-7-21(29)8-5-18)25-10-6-20(28)13-23(19)25/h3-13,15H,14H2,1-2H3,(H,30,34)/b24-12-. The van der Waals surface area contributed by atoms with Crippen LogP contribution in [-0.4, -0.2) is 15.6 Å². The lowest BCUT2D eigenvalue weighted by atomic mass is 10.1. The topological polar surface area (TPSA) is 37.3 Å². The number of amides is 1. The molecule has 2 heterocycles. The third-order valence-electron chi connectivity index (χ3n) is 6.07. The fourth-order valence-electron chi connectivity index (χ4n) is 4.12. The first-order valence-electron chi connectivity index (χ1n) is 10.8. The predicted octanol–water partition coefficient (Wildman–Crippen LogP) is 6.98. The Morgan fingerprint density at radius 3 is 2.53 bits per heavy atom. The molecular weight excluding hydrogens is 530 g/mol. The van der Waals surface area contributed by atoms with E-state index in [4.69, 9.17) is 23.8 Å². The van der Waals surface area contributed by atoms with Crippen LogP contribution in [0.25, 0.3) is 17.0 Å². The molecule has 1 amide bonds. The average molecular weight is 551 g/mol. The summed E-state index contributed by atoms with van der Waals surface area (Å²) < 4.78 is 3.15. The van der Waals surface area contributed by atoms with Gasteiger partial charge >= 0.3 is 0 Å². The third-order valence-corrected chi connectivity index (χ3v) is 7.10. The summed E-state index contributed by atoms with van der Waals surface area (Å²) in [4.78, 5) is 14.9. The number of rotatable bonds is 4. The van der Waals surface area contributed by atoms with Gasteiger partial charge in [-0.3, -0.25) is 9.69 Å². The highest BCUT2D eigenvalue weighted by Crippen LogP contribution is 2.30. The number of aromatic nitrogens is 1. The minimum Gasteiger partial charge on any atom is -0.342 e. The van der Waals surface area contributed by atoms with Crippen LogP contribution < -0.4 is 10.2 Å². The van der Waals surface area contributed by atoms with Crippen LogP contribution >= 0.6 is 39.7 Å². The van der Waals surface area contributed by atoms with Crippen LogP contribution in [0, 0.1) is 13.8 Å². The highest BCUT2D eigenvalue weighted by molar-refractivity contribution is 9.10. The van der Waals surface area contributed by atoms with E-state index in [2.05, 4.69) is 44.1 Å². The molecule has 7 heteroatoms. The van der Waals surface area contributed by atoms with Crippen molar-refractivity contribution in [3.05, 3.63) is 104 Å². The number of benzene rings is 3. The molecule has 4 nitrogen and oxygen atoms in total. The SMILES string of the molecule is Cc1ccc(N2C(=O)/C(=C/c3cn(Cc4ccc(Cl)cc4)c4ccc(Br)cc34)NC2=S)cc1C. The molecule has 1 aliphatic heterocycles. The first-order valence-corrected chi connectivity index (χ1v) is 12.4. The van der Waals surface area contributed by atoms with Crippen molar-refractivity contribution in [1.82, 2.24) is 9.88 Å². The Morgan fingerprint density at radius 2 is 1.79 bits per heavy atom. The van der Waals surface area contributed by atoms with Crippen LogP contribution in [-0.2, 0) is 11.3 Å². The van der Waals surface area contributed by atoms with Crippen molar-refractivity contribution >= 4 is 73.4 Å². The van der Waals surface area contributed by atoms with Gasteiger partial charge in [-0.25, -0.2) is 0 Å². The van der Waals surface area contributed by atoms with Crippen molar-refractivity contribution in [2.75, 3.05) is 4.90 Å². The Morgan fingerprint density at radius 1 is 1.03 bits per heavy atom. The van der Waals surface area contributed by atoms with Crippen molar-refractivity contribution < 1.29 is 4.79 Å². The molecule has 170 valence electrons. The van der Waals surface area contributed by atoms with E-state index in [9.17, 15) is 4.79 Å². The van der Waals surface area contributed by atoms with Crippen LogP contribution in [0.1, 0.15) is 22.3 Å². The molecule has 0 atom stereocenters. The summed E-state index contributed by atoms with van der Waals surface area (Å²) in [5.41, 5.74) is 6.65. The number of fused-ring (bicyclic) bond motifs is 1. The van der Waals surface area contributed by atoms with Crippen LogP contribution in [0.15, 0.2) is 77.0 Å². The number of nitrogens with zero attached hydrogens (tertiary/aromatic N) is 2. The molecule has 1 saturated heterocycles. The molecule has 1 N–H and O–H groups in total. The molecule has 34 heavy (non-hydrogen) atoms. The average Bonchev–Trinajstić information content (AvgIpc) is 3.27. The summed E-state index contributed by atoms with van der Waals surface area (Å²) in [6.07, 6.45) is 3.94. The van der Waals surface area contributed by atoms with Gasteiger partial charge in [0.15, 0.2) is 5.11 Å². The summed E-state index contributed by atoms with van der Waals surface area (Å²) in [5, 5.41) is 5.25. The van der Waals surface area contributed by atoms with E-state index < -0.39 is 0 Å². The number of hydrogen-bond donors (Lipinski definition) is 1. The van der Waals surface area contributed by atoms with Gasteiger partial charge in [-0.15, -0.1) is 0 Å². The Hall–Kier alpha value is -2.93. The summed E-state index contributed by atoms with van der Waals surface area (Å²) in [6.45, 7) is 4.76. The number of halogens is 2. The molecule has 4 aromatic rings. The quantitative estimate of drug-likeness (QED) is 0.220.